The van der Waals surface area contributed by atoms with Gasteiger partial charge in [0, 0.05) is 5.02 Å². The number of nitrogen functional groups attached to an aromatic ring is 1. The van der Waals surface area contributed by atoms with Crippen LogP contribution in [-0.4, -0.2) is 0 Å². The Bertz CT molecular complexity index is 517. The summed E-state index contributed by atoms with van der Waals surface area (Å²) in [7, 11) is 0. The fourth-order valence-corrected chi connectivity index (χ4v) is 1.70. The molecule has 2 aromatic rings. The summed E-state index contributed by atoms with van der Waals surface area (Å²) in [5, 5.41) is 1.02. The molecule has 0 aliphatic heterocycles. The molecule has 0 fully saturated rings. The molecule has 0 unspecified atom stereocenters. The molecule has 0 saturated heterocycles. The van der Waals surface area contributed by atoms with Crippen LogP contribution < -0.4 is 10.5 Å². The van der Waals surface area contributed by atoms with Crippen LogP contribution in [0.1, 0.15) is 0 Å². The Morgan fingerprint density at radius 2 is 1.65 bits per heavy atom. The molecule has 0 saturated carbocycles. The van der Waals surface area contributed by atoms with Gasteiger partial charge in [0.1, 0.15) is 11.5 Å². The number of benzene rings is 2. The van der Waals surface area contributed by atoms with Gasteiger partial charge in [-0.25, -0.2) is 0 Å². The van der Waals surface area contributed by atoms with E-state index in [1.807, 2.05) is 12.1 Å². The van der Waals surface area contributed by atoms with Crippen molar-refractivity contribution in [2.24, 2.45) is 0 Å². The van der Waals surface area contributed by atoms with Gasteiger partial charge in [-0.3, -0.25) is 0 Å². The number of nitrogens with two attached hydrogens (primary N) is 1. The van der Waals surface area contributed by atoms with Crippen molar-refractivity contribution in [3.05, 3.63) is 52.5 Å². The molecule has 2 rings (SSSR count). The summed E-state index contributed by atoms with van der Waals surface area (Å²) in [6, 6.07) is 12.3. The lowest BCUT2D eigenvalue weighted by molar-refractivity contribution is 0.485. The van der Waals surface area contributed by atoms with Gasteiger partial charge in [-0.1, -0.05) is 35.3 Å². The van der Waals surface area contributed by atoms with Crippen LogP contribution in [0.2, 0.25) is 10.0 Å². The molecular formula is C12H10Cl3NO. The average molecular weight is 291 g/mol. The number of ether oxygens (including phenoxy) is 1. The van der Waals surface area contributed by atoms with E-state index < -0.39 is 0 Å². The third-order valence-corrected chi connectivity index (χ3v) is 2.56. The number of rotatable bonds is 2. The Morgan fingerprint density at radius 1 is 0.941 bits per heavy atom. The fraction of sp³-hybridized carbons (Fsp3) is 0. The van der Waals surface area contributed by atoms with E-state index in [1.54, 1.807) is 30.3 Å². The van der Waals surface area contributed by atoms with Gasteiger partial charge in [-0.2, -0.15) is 0 Å². The first-order valence-electron chi connectivity index (χ1n) is 4.64. The molecule has 2 aromatic carbocycles. The standard InChI is InChI=1S/C12H9Cl2NO.ClH/c13-8-5-6-11(9(14)7-8)16-12-4-2-1-3-10(12)15;/h1-7H,15H2;1H. The summed E-state index contributed by atoms with van der Waals surface area (Å²) in [5.74, 6) is 1.11. The van der Waals surface area contributed by atoms with Gasteiger partial charge in [0.05, 0.1) is 10.7 Å². The maximum absolute atomic E-state index is 5.98. The molecule has 17 heavy (non-hydrogen) atoms. The quantitative estimate of drug-likeness (QED) is 0.807. The number of anilines is 1. The second-order valence-corrected chi connectivity index (χ2v) is 4.06. The van der Waals surface area contributed by atoms with Gasteiger partial charge < -0.3 is 10.5 Å². The molecule has 0 amide bonds. The van der Waals surface area contributed by atoms with Crippen LogP contribution in [0, 0.1) is 0 Å². The Hall–Kier alpha value is -1.09. The Balaban J connectivity index is 0.00000144. The van der Waals surface area contributed by atoms with Crippen LogP contribution in [-0.2, 0) is 0 Å². The molecule has 90 valence electrons. The summed E-state index contributed by atoms with van der Waals surface area (Å²) in [5.41, 5.74) is 6.32. The van der Waals surface area contributed by atoms with E-state index in [9.17, 15) is 0 Å². The molecule has 5 heteroatoms. The van der Waals surface area contributed by atoms with E-state index >= 15 is 0 Å². The van der Waals surface area contributed by atoms with Crippen molar-refractivity contribution in [2.75, 3.05) is 5.73 Å². The highest BCUT2D eigenvalue weighted by molar-refractivity contribution is 6.35. The van der Waals surface area contributed by atoms with Crippen LogP contribution in [0.5, 0.6) is 11.5 Å². The van der Waals surface area contributed by atoms with Gasteiger partial charge in [-0.05, 0) is 30.3 Å². The van der Waals surface area contributed by atoms with E-state index in [1.165, 1.54) is 0 Å². The molecule has 2 N–H and O–H groups in total. The lowest BCUT2D eigenvalue weighted by atomic mass is 10.3. The Morgan fingerprint density at radius 3 is 2.29 bits per heavy atom. The second-order valence-electron chi connectivity index (χ2n) is 3.21. The minimum absolute atomic E-state index is 0. The number of halogens is 3. The zero-order valence-electron chi connectivity index (χ0n) is 8.69. The summed E-state index contributed by atoms with van der Waals surface area (Å²) in [6.45, 7) is 0. The van der Waals surface area contributed by atoms with Gasteiger partial charge in [0.2, 0.25) is 0 Å². The van der Waals surface area contributed by atoms with Crippen molar-refractivity contribution in [3.63, 3.8) is 0 Å². The Kier molecular flexibility index (Phi) is 4.94. The van der Waals surface area contributed by atoms with Crippen LogP contribution in [0.3, 0.4) is 0 Å². The first kappa shape index (κ1) is 14.0. The SMILES string of the molecule is Cl.Nc1ccccc1Oc1ccc(Cl)cc1Cl. The zero-order chi connectivity index (χ0) is 11.5. The lowest BCUT2D eigenvalue weighted by Gasteiger charge is -2.09. The normalized spacial score (nSPS) is 9.53. The summed E-state index contributed by atoms with van der Waals surface area (Å²) in [6.07, 6.45) is 0. The average Bonchev–Trinajstić information content (AvgIpc) is 2.25. The zero-order valence-corrected chi connectivity index (χ0v) is 11.0. The molecular weight excluding hydrogens is 280 g/mol. The van der Waals surface area contributed by atoms with Crippen molar-refractivity contribution >= 4 is 41.3 Å². The van der Waals surface area contributed by atoms with Gasteiger partial charge in [-0.15, -0.1) is 12.4 Å². The van der Waals surface area contributed by atoms with E-state index in [0.717, 1.165) is 0 Å². The highest BCUT2D eigenvalue weighted by Gasteiger charge is 2.05. The topological polar surface area (TPSA) is 35.2 Å². The lowest BCUT2D eigenvalue weighted by Crippen LogP contribution is -1.91. The van der Waals surface area contributed by atoms with Crippen LogP contribution in [0.4, 0.5) is 5.69 Å². The predicted octanol–water partition coefficient (Wildman–Crippen LogP) is 4.79. The van der Waals surface area contributed by atoms with E-state index in [4.69, 9.17) is 33.7 Å². The molecule has 0 bridgehead atoms. The summed E-state index contributed by atoms with van der Waals surface area (Å²) in [4.78, 5) is 0. The first-order chi connectivity index (χ1) is 7.66. The monoisotopic (exact) mass is 289 g/mol. The number of hydrogen-bond donors (Lipinski definition) is 1. The molecule has 0 atom stereocenters. The van der Waals surface area contributed by atoms with Crippen molar-refractivity contribution in [1.82, 2.24) is 0 Å². The molecule has 0 spiro atoms. The van der Waals surface area contributed by atoms with Gasteiger partial charge in [0.25, 0.3) is 0 Å². The molecule has 0 aliphatic carbocycles. The molecule has 0 aliphatic rings. The van der Waals surface area contributed by atoms with E-state index in [-0.39, 0.29) is 12.4 Å². The summed E-state index contributed by atoms with van der Waals surface area (Å²) >= 11 is 11.8. The van der Waals surface area contributed by atoms with Crippen LogP contribution in [0.25, 0.3) is 0 Å². The molecule has 2 nitrogen and oxygen atoms in total. The molecule has 0 heterocycles. The Labute approximate surface area is 116 Å². The van der Waals surface area contributed by atoms with Crippen molar-refractivity contribution in [3.8, 4) is 11.5 Å². The molecule has 0 radical (unpaired) electrons. The van der Waals surface area contributed by atoms with E-state index in [2.05, 4.69) is 0 Å². The van der Waals surface area contributed by atoms with E-state index in [0.29, 0.717) is 27.2 Å². The third-order valence-electron chi connectivity index (χ3n) is 2.03. The van der Waals surface area contributed by atoms with Crippen LogP contribution >= 0.6 is 35.6 Å². The largest absolute Gasteiger partial charge is 0.454 e. The number of hydrogen-bond acceptors (Lipinski definition) is 2. The predicted molar refractivity (Wildman–Crippen MR) is 74.6 cm³/mol. The van der Waals surface area contributed by atoms with Crippen molar-refractivity contribution in [1.29, 1.82) is 0 Å². The van der Waals surface area contributed by atoms with Crippen molar-refractivity contribution in [2.45, 2.75) is 0 Å². The summed E-state index contributed by atoms with van der Waals surface area (Å²) < 4.78 is 5.58. The maximum atomic E-state index is 5.98. The smallest absolute Gasteiger partial charge is 0.150 e. The minimum atomic E-state index is 0. The van der Waals surface area contributed by atoms with Gasteiger partial charge >= 0.3 is 0 Å². The number of para-hydroxylation sites is 2. The first-order valence-corrected chi connectivity index (χ1v) is 5.40. The third kappa shape index (κ3) is 3.43. The highest BCUT2D eigenvalue weighted by atomic mass is 35.5. The highest BCUT2D eigenvalue weighted by Crippen LogP contribution is 2.33. The maximum Gasteiger partial charge on any atom is 0.150 e. The minimum Gasteiger partial charge on any atom is -0.454 e. The second kappa shape index (κ2) is 6.01. The molecule has 0 aromatic heterocycles. The van der Waals surface area contributed by atoms with Gasteiger partial charge in [0.15, 0.2) is 0 Å². The van der Waals surface area contributed by atoms with Crippen molar-refractivity contribution < 1.29 is 4.74 Å². The van der Waals surface area contributed by atoms with Crippen LogP contribution in [0.15, 0.2) is 42.5 Å². The fourth-order valence-electron chi connectivity index (χ4n) is 1.25.